The van der Waals surface area contributed by atoms with E-state index in [0.29, 0.717) is 39.5 Å². The fourth-order valence-corrected chi connectivity index (χ4v) is 8.55. The van der Waals surface area contributed by atoms with Crippen LogP contribution >= 0.6 is 0 Å². The van der Waals surface area contributed by atoms with E-state index in [4.69, 9.17) is 4.74 Å². The molecule has 1 saturated heterocycles. The molecule has 1 aromatic carbocycles. The summed E-state index contributed by atoms with van der Waals surface area (Å²) in [7, 11) is -4.13. The van der Waals surface area contributed by atoms with Gasteiger partial charge in [0.25, 0.3) is 5.91 Å². The number of ether oxygens (including phenoxy) is 1. The highest BCUT2D eigenvalue weighted by Crippen LogP contribution is 2.48. The summed E-state index contributed by atoms with van der Waals surface area (Å²) in [5.74, 6) is -4.98. The molecule has 4 aliphatic rings. The number of nitrogens with zero attached hydrogens (tertiary/aromatic N) is 2. The SMILES string of the molecule is C[C@H]1CCC=C[C@@H]2C[C@@]2(C(=O)NS(=O)(=O)C2(C)CC2)NC(=O)[C@@H]2C[C@@H](N(C(=O)O)c3ccc(F)cc3)CN2C(=O)[C@@H](NC(=O)OC(C)(C)C(F)(F)F)[C@H](C)C1. The van der Waals surface area contributed by atoms with Crippen molar-refractivity contribution >= 4 is 45.6 Å². The number of halogens is 4. The third-order valence-corrected chi connectivity index (χ3v) is 13.4. The zero-order valence-electron chi connectivity index (χ0n) is 31.1. The van der Waals surface area contributed by atoms with Gasteiger partial charge in [-0.05, 0) is 102 Å². The molecule has 2 heterocycles. The summed E-state index contributed by atoms with van der Waals surface area (Å²) in [6.07, 6.45) is -2.87. The van der Waals surface area contributed by atoms with E-state index in [1.54, 1.807) is 19.1 Å². The molecule has 7 atom stereocenters. The fraction of sp³-hybridized carbons (Fsp3) is 0.639. The average Bonchev–Trinajstić information content (AvgIpc) is 3.95. The molecule has 0 radical (unpaired) electrons. The molecule has 2 saturated carbocycles. The van der Waals surface area contributed by atoms with Crippen LogP contribution in [0.1, 0.15) is 79.6 Å². The molecule has 55 heavy (non-hydrogen) atoms. The molecule has 19 heteroatoms. The molecule has 0 spiro atoms. The normalized spacial score (nSPS) is 29.7. The lowest BCUT2D eigenvalue weighted by atomic mass is 9.88. The molecular formula is C36H47F4N5O9S. The predicted octanol–water partition coefficient (Wildman–Crippen LogP) is 4.60. The number of benzene rings is 1. The molecular weight excluding hydrogens is 754 g/mol. The van der Waals surface area contributed by atoms with E-state index in [-0.39, 0.29) is 30.9 Å². The molecule has 5 amide bonds. The van der Waals surface area contributed by atoms with Crippen molar-refractivity contribution in [2.24, 2.45) is 17.8 Å². The van der Waals surface area contributed by atoms with Gasteiger partial charge in [0.15, 0.2) is 0 Å². The number of nitrogens with one attached hydrogen (secondary N) is 3. The number of hydrogen-bond donors (Lipinski definition) is 4. The van der Waals surface area contributed by atoms with Crippen molar-refractivity contribution in [3.05, 3.63) is 42.2 Å². The van der Waals surface area contributed by atoms with E-state index < -0.39 is 104 Å². The van der Waals surface area contributed by atoms with Crippen molar-refractivity contribution in [2.45, 2.75) is 120 Å². The van der Waals surface area contributed by atoms with Crippen LogP contribution in [-0.4, -0.2) is 95.1 Å². The molecule has 304 valence electrons. The standard InChI is InChI=1S/C36H47F4N5O9S/c1-20-8-6-7-9-22-18-35(22,30(48)43-55(52,53)34(5)14-15-34)42-28(46)26-17-25(45(32(50)51)24-12-10-23(37)11-13-24)19-44(26)29(47)27(21(2)16-20)41-31(49)54-33(3,4)36(38,39)40/h7,9-13,20-22,25-27H,6,8,14-19H2,1-5H3,(H,41,49)(H,42,46)(H,43,48)(H,50,51)/t20-,21+,22+,25+,26-,27-,35+/m0/s1. The van der Waals surface area contributed by atoms with Crippen molar-refractivity contribution in [3.8, 4) is 0 Å². The minimum absolute atomic E-state index is 0.00588. The van der Waals surface area contributed by atoms with Crippen LogP contribution in [0.25, 0.3) is 0 Å². The first-order chi connectivity index (χ1) is 25.4. The van der Waals surface area contributed by atoms with Gasteiger partial charge in [0.1, 0.15) is 23.4 Å². The van der Waals surface area contributed by atoms with Gasteiger partial charge in [0.05, 0.1) is 10.8 Å². The highest BCUT2D eigenvalue weighted by molar-refractivity contribution is 7.91. The van der Waals surface area contributed by atoms with Gasteiger partial charge in [0, 0.05) is 18.2 Å². The van der Waals surface area contributed by atoms with E-state index in [1.807, 2.05) is 6.92 Å². The van der Waals surface area contributed by atoms with Gasteiger partial charge in [-0.15, -0.1) is 0 Å². The Bertz CT molecular complexity index is 1840. The first-order valence-corrected chi connectivity index (χ1v) is 19.6. The van der Waals surface area contributed by atoms with Crippen molar-refractivity contribution in [1.29, 1.82) is 0 Å². The molecule has 5 rings (SSSR count). The number of allylic oxidation sites excluding steroid dienone is 1. The number of rotatable bonds is 7. The van der Waals surface area contributed by atoms with Gasteiger partial charge in [-0.25, -0.2) is 22.4 Å². The number of carbonyl (C=O) groups excluding carboxylic acids is 4. The van der Waals surface area contributed by atoms with Crippen LogP contribution in [0, 0.1) is 23.6 Å². The minimum Gasteiger partial charge on any atom is -0.465 e. The summed E-state index contributed by atoms with van der Waals surface area (Å²) in [6.45, 7) is 5.78. The summed E-state index contributed by atoms with van der Waals surface area (Å²) in [6, 6.07) is 0.190. The summed E-state index contributed by atoms with van der Waals surface area (Å²) in [4.78, 5) is 70.3. The first-order valence-electron chi connectivity index (χ1n) is 18.1. The van der Waals surface area contributed by atoms with Crippen molar-refractivity contribution in [2.75, 3.05) is 11.4 Å². The Kier molecular flexibility index (Phi) is 11.3. The number of hydrogen-bond acceptors (Lipinski definition) is 8. The van der Waals surface area contributed by atoms with Gasteiger partial charge < -0.3 is 25.4 Å². The number of carbonyl (C=O) groups is 5. The molecule has 2 aliphatic heterocycles. The first kappa shape index (κ1) is 41.7. The fourth-order valence-electron chi connectivity index (χ4n) is 7.24. The van der Waals surface area contributed by atoms with E-state index in [1.165, 1.54) is 19.1 Å². The number of alkyl carbamates (subject to hydrolysis) is 1. The van der Waals surface area contributed by atoms with Crippen LogP contribution in [0.2, 0.25) is 0 Å². The quantitative estimate of drug-likeness (QED) is 0.226. The maximum absolute atomic E-state index is 14.6. The highest BCUT2D eigenvalue weighted by Gasteiger charge is 2.63. The molecule has 14 nitrogen and oxygen atoms in total. The number of sulfonamides is 1. The van der Waals surface area contributed by atoms with Crippen LogP contribution in [-0.2, 0) is 29.1 Å². The third-order valence-electron chi connectivity index (χ3n) is 11.2. The number of amides is 5. The van der Waals surface area contributed by atoms with Crippen LogP contribution in [0.15, 0.2) is 36.4 Å². The third kappa shape index (κ3) is 8.70. The van der Waals surface area contributed by atoms with Crippen LogP contribution in [0.4, 0.5) is 32.8 Å². The van der Waals surface area contributed by atoms with Crippen LogP contribution < -0.4 is 20.3 Å². The Morgan fingerprint density at radius 2 is 1.71 bits per heavy atom. The topological polar surface area (TPSA) is 192 Å². The van der Waals surface area contributed by atoms with E-state index in [2.05, 4.69) is 15.4 Å². The van der Waals surface area contributed by atoms with E-state index in [9.17, 15) is 55.1 Å². The second kappa shape index (κ2) is 14.9. The number of fused-ring (bicyclic) bond motifs is 2. The zero-order chi connectivity index (χ0) is 40.9. The van der Waals surface area contributed by atoms with Gasteiger partial charge in [-0.2, -0.15) is 13.2 Å². The van der Waals surface area contributed by atoms with Crippen LogP contribution in [0.5, 0.6) is 0 Å². The molecule has 4 N–H and O–H groups in total. The van der Waals surface area contributed by atoms with Crippen molar-refractivity contribution in [3.63, 3.8) is 0 Å². The molecule has 0 aromatic heterocycles. The number of alkyl halides is 3. The van der Waals surface area contributed by atoms with E-state index >= 15 is 0 Å². The molecule has 0 unspecified atom stereocenters. The maximum Gasteiger partial charge on any atom is 0.427 e. The summed E-state index contributed by atoms with van der Waals surface area (Å²) in [5, 5.41) is 15.2. The zero-order valence-corrected chi connectivity index (χ0v) is 31.9. The van der Waals surface area contributed by atoms with Gasteiger partial charge in [-0.3, -0.25) is 24.0 Å². The monoisotopic (exact) mass is 801 g/mol. The van der Waals surface area contributed by atoms with Gasteiger partial charge >= 0.3 is 18.4 Å². The van der Waals surface area contributed by atoms with Crippen molar-refractivity contribution in [1.82, 2.24) is 20.3 Å². The van der Waals surface area contributed by atoms with E-state index in [0.717, 1.165) is 21.9 Å². The highest BCUT2D eigenvalue weighted by atomic mass is 32.2. The van der Waals surface area contributed by atoms with Crippen molar-refractivity contribution < 1.29 is 59.8 Å². The summed E-state index contributed by atoms with van der Waals surface area (Å²) in [5.41, 5.74) is -4.68. The second-order valence-corrected chi connectivity index (χ2v) is 18.2. The predicted molar refractivity (Wildman–Crippen MR) is 189 cm³/mol. The Balaban J connectivity index is 1.54. The maximum atomic E-state index is 14.6. The minimum atomic E-state index is -4.96. The molecule has 0 bridgehead atoms. The second-order valence-electron chi connectivity index (χ2n) is 16.0. The van der Waals surface area contributed by atoms with Gasteiger partial charge in [0.2, 0.25) is 27.4 Å². The lowest BCUT2D eigenvalue weighted by molar-refractivity contribution is -0.244. The number of anilines is 1. The Hall–Kier alpha value is -4.42. The molecule has 2 aliphatic carbocycles. The average molecular weight is 802 g/mol. The lowest BCUT2D eigenvalue weighted by Crippen LogP contribution is -2.59. The largest absolute Gasteiger partial charge is 0.465 e. The smallest absolute Gasteiger partial charge is 0.427 e. The summed E-state index contributed by atoms with van der Waals surface area (Å²) < 4.78 is 86.7. The Morgan fingerprint density at radius 3 is 2.29 bits per heavy atom. The van der Waals surface area contributed by atoms with Crippen LogP contribution in [0.3, 0.4) is 0 Å². The summed E-state index contributed by atoms with van der Waals surface area (Å²) >= 11 is 0. The van der Waals surface area contributed by atoms with Gasteiger partial charge in [-0.1, -0.05) is 26.0 Å². The molecule has 1 aromatic rings. The molecule has 3 fully saturated rings. The Labute approximate surface area is 316 Å². The lowest BCUT2D eigenvalue weighted by Gasteiger charge is -2.34. The number of carboxylic acid groups (broad SMARTS) is 1. The Morgan fingerprint density at radius 1 is 1.07 bits per heavy atom.